The Morgan fingerprint density at radius 3 is 2.71 bits per heavy atom. The van der Waals surface area contributed by atoms with Crippen LogP contribution in [-0.4, -0.2) is 29.3 Å². The average Bonchev–Trinajstić information content (AvgIpc) is 2.92. The van der Waals surface area contributed by atoms with Gasteiger partial charge in [-0.3, -0.25) is 0 Å². The second-order valence-electron chi connectivity index (χ2n) is 7.33. The number of ether oxygens (including phenoxy) is 1. The Morgan fingerprint density at radius 2 is 2.12 bits per heavy atom. The Kier molecular flexibility index (Phi) is 7.32. The van der Waals surface area contributed by atoms with Crippen LogP contribution in [0.1, 0.15) is 57.9 Å². The standard InChI is InChI=1S/C17H28ClN3O2S/c1-17(2,3)23-16(22)21-9-13(12-7-5-4-6-8-12)19-11-15-20-10-14(18)24-15/h10,12-13,19H,4-9,11H2,1-3H3,(H,21,22). The molecule has 0 radical (unpaired) electrons. The molecule has 1 unspecified atom stereocenters. The number of aromatic nitrogens is 1. The van der Waals surface area contributed by atoms with Crippen molar-refractivity contribution >= 4 is 29.0 Å². The molecular weight excluding hydrogens is 346 g/mol. The minimum absolute atomic E-state index is 0.223. The van der Waals surface area contributed by atoms with Crippen LogP contribution in [0.2, 0.25) is 4.34 Å². The number of carbonyl (C=O) groups excluding carboxylic acids is 1. The molecule has 1 aromatic rings. The van der Waals surface area contributed by atoms with E-state index in [1.807, 2.05) is 20.8 Å². The van der Waals surface area contributed by atoms with Gasteiger partial charge in [-0.1, -0.05) is 30.9 Å². The van der Waals surface area contributed by atoms with Crippen LogP contribution >= 0.6 is 22.9 Å². The second kappa shape index (κ2) is 9.02. The van der Waals surface area contributed by atoms with Crippen LogP contribution in [0, 0.1) is 5.92 Å². The summed E-state index contributed by atoms with van der Waals surface area (Å²) in [7, 11) is 0. The van der Waals surface area contributed by atoms with E-state index in [-0.39, 0.29) is 12.1 Å². The third kappa shape index (κ3) is 6.95. The Balaban J connectivity index is 1.88. The Morgan fingerprint density at radius 1 is 1.42 bits per heavy atom. The van der Waals surface area contributed by atoms with Crippen LogP contribution in [0.15, 0.2) is 6.20 Å². The lowest BCUT2D eigenvalue weighted by atomic mass is 9.84. The highest BCUT2D eigenvalue weighted by Gasteiger charge is 2.25. The highest BCUT2D eigenvalue weighted by molar-refractivity contribution is 7.15. The van der Waals surface area contributed by atoms with Gasteiger partial charge in [0.1, 0.15) is 14.9 Å². The summed E-state index contributed by atoms with van der Waals surface area (Å²) >= 11 is 7.43. The van der Waals surface area contributed by atoms with Gasteiger partial charge >= 0.3 is 6.09 Å². The first-order chi connectivity index (χ1) is 11.3. The van der Waals surface area contributed by atoms with E-state index in [9.17, 15) is 4.79 Å². The van der Waals surface area contributed by atoms with E-state index in [2.05, 4.69) is 15.6 Å². The largest absolute Gasteiger partial charge is 0.444 e. The Bertz CT molecular complexity index is 524. The van der Waals surface area contributed by atoms with E-state index >= 15 is 0 Å². The van der Waals surface area contributed by atoms with Gasteiger partial charge in [-0.2, -0.15) is 0 Å². The van der Waals surface area contributed by atoms with Gasteiger partial charge in [0.15, 0.2) is 0 Å². The first-order valence-electron chi connectivity index (χ1n) is 8.64. The van der Waals surface area contributed by atoms with Crippen LogP contribution in [-0.2, 0) is 11.3 Å². The fourth-order valence-corrected chi connectivity index (χ4v) is 3.95. The fourth-order valence-electron chi connectivity index (χ4n) is 3.04. The number of carbonyl (C=O) groups is 1. The number of rotatable bonds is 6. The minimum Gasteiger partial charge on any atom is -0.444 e. The van der Waals surface area contributed by atoms with Crippen molar-refractivity contribution in [2.75, 3.05) is 6.54 Å². The number of nitrogens with zero attached hydrogens (tertiary/aromatic N) is 1. The molecule has 1 saturated carbocycles. The van der Waals surface area contributed by atoms with Gasteiger partial charge in [-0.25, -0.2) is 9.78 Å². The molecule has 0 spiro atoms. The lowest BCUT2D eigenvalue weighted by Gasteiger charge is -2.31. The molecule has 136 valence electrons. The van der Waals surface area contributed by atoms with Crippen molar-refractivity contribution in [1.82, 2.24) is 15.6 Å². The summed E-state index contributed by atoms with van der Waals surface area (Å²) in [6.45, 7) is 6.86. The lowest BCUT2D eigenvalue weighted by molar-refractivity contribution is 0.0515. The van der Waals surface area contributed by atoms with Crippen LogP contribution in [0.4, 0.5) is 4.79 Å². The fraction of sp³-hybridized carbons (Fsp3) is 0.765. The molecule has 24 heavy (non-hydrogen) atoms. The molecule has 2 N–H and O–H groups in total. The summed E-state index contributed by atoms with van der Waals surface area (Å²) in [6.07, 6.45) is 7.56. The number of hydrogen-bond donors (Lipinski definition) is 2. The van der Waals surface area contributed by atoms with Crippen molar-refractivity contribution in [3.8, 4) is 0 Å². The van der Waals surface area contributed by atoms with Crippen LogP contribution in [0.25, 0.3) is 0 Å². The van der Waals surface area contributed by atoms with Crippen molar-refractivity contribution in [2.24, 2.45) is 5.92 Å². The molecule has 1 aliphatic carbocycles. The molecule has 1 amide bonds. The molecular formula is C17H28ClN3O2S. The number of alkyl carbamates (subject to hydrolysis) is 1. The zero-order chi connectivity index (χ0) is 17.6. The summed E-state index contributed by atoms with van der Waals surface area (Å²) in [5.41, 5.74) is -0.477. The molecule has 1 aliphatic rings. The predicted molar refractivity (Wildman–Crippen MR) is 98.6 cm³/mol. The Hall–Kier alpha value is -0.850. The second-order valence-corrected chi connectivity index (χ2v) is 9.07. The summed E-state index contributed by atoms with van der Waals surface area (Å²) < 4.78 is 6.04. The predicted octanol–water partition coefficient (Wildman–Crippen LogP) is 4.36. The molecule has 1 heterocycles. The summed E-state index contributed by atoms with van der Waals surface area (Å²) in [6, 6.07) is 0.223. The molecule has 0 saturated heterocycles. The monoisotopic (exact) mass is 373 g/mol. The van der Waals surface area contributed by atoms with Crippen LogP contribution < -0.4 is 10.6 Å². The minimum atomic E-state index is -0.477. The van der Waals surface area contributed by atoms with Gasteiger partial charge in [0.25, 0.3) is 0 Å². The van der Waals surface area contributed by atoms with Crippen molar-refractivity contribution in [3.05, 3.63) is 15.5 Å². The first-order valence-corrected chi connectivity index (χ1v) is 9.83. The highest BCUT2D eigenvalue weighted by atomic mass is 35.5. The zero-order valence-electron chi connectivity index (χ0n) is 14.7. The first kappa shape index (κ1) is 19.5. The third-order valence-corrected chi connectivity index (χ3v) is 5.24. The maximum atomic E-state index is 11.9. The SMILES string of the molecule is CC(C)(C)OC(=O)NCC(NCc1ncc(Cl)s1)C1CCCCC1. The molecule has 0 bridgehead atoms. The van der Waals surface area contributed by atoms with Crippen molar-refractivity contribution in [3.63, 3.8) is 0 Å². The number of halogens is 1. The lowest BCUT2D eigenvalue weighted by Crippen LogP contribution is -2.46. The summed E-state index contributed by atoms with van der Waals surface area (Å²) in [5.74, 6) is 0.573. The highest BCUT2D eigenvalue weighted by Crippen LogP contribution is 2.27. The van der Waals surface area contributed by atoms with Gasteiger partial charge in [0.05, 0.1) is 6.20 Å². The van der Waals surface area contributed by atoms with Gasteiger partial charge in [-0.15, -0.1) is 11.3 Å². The number of hydrogen-bond acceptors (Lipinski definition) is 5. The quantitative estimate of drug-likeness (QED) is 0.777. The van der Waals surface area contributed by atoms with Gasteiger partial charge < -0.3 is 15.4 Å². The molecule has 5 nitrogen and oxygen atoms in total. The van der Waals surface area contributed by atoms with Gasteiger partial charge in [0.2, 0.25) is 0 Å². The topological polar surface area (TPSA) is 63.2 Å². The van der Waals surface area contributed by atoms with Crippen molar-refractivity contribution in [2.45, 2.75) is 71.1 Å². The average molecular weight is 374 g/mol. The molecule has 1 aromatic heterocycles. The molecule has 0 aromatic carbocycles. The van der Waals surface area contributed by atoms with E-state index in [0.717, 1.165) is 5.01 Å². The van der Waals surface area contributed by atoms with E-state index in [4.69, 9.17) is 16.3 Å². The molecule has 7 heteroatoms. The van der Waals surface area contributed by atoms with Crippen LogP contribution in [0.5, 0.6) is 0 Å². The Labute approximate surface area is 153 Å². The number of nitrogens with one attached hydrogen (secondary N) is 2. The molecule has 2 rings (SSSR count). The van der Waals surface area contributed by atoms with Gasteiger partial charge in [0, 0.05) is 19.1 Å². The van der Waals surface area contributed by atoms with Crippen molar-refractivity contribution < 1.29 is 9.53 Å². The van der Waals surface area contributed by atoms with Crippen LogP contribution in [0.3, 0.4) is 0 Å². The maximum absolute atomic E-state index is 11.9. The maximum Gasteiger partial charge on any atom is 0.407 e. The van der Waals surface area contributed by atoms with E-state index in [0.29, 0.717) is 23.3 Å². The third-order valence-electron chi connectivity index (χ3n) is 4.12. The molecule has 1 fully saturated rings. The van der Waals surface area contributed by atoms with E-state index < -0.39 is 5.60 Å². The number of amides is 1. The number of thiazole rings is 1. The van der Waals surface area contributed by atoms with Gasteiger partial charge in [-0.05, 0) is 39.5 Å². The normalized spacial score (nSPS) is 17.5. The zero-order valence-corrected chi connectivity index (χ0v) is 16.3. The summed E-state index contributed by atoms with van der Waals surface area (Å²) in [5, 5.41) is 7.44. The molecule has 0 aliphatic heterocycles. The summed E-state index contributed by atoms with van der Waals surface area (Å²) in [4.78, 5) is 16.2. The smallest absolute Gasteiger partial charge is 0.407 e. The van der Waals surface area contributed by atoms with E-state index in [1.165, 1.54) is 43.4 Å². The van der Waals surface area contributed by atoms with Crippen molar-refractivity contribution in [1.29, 1.82) is 0 Å². The van der Waals surface area contributed by atoms with E-state index in [1.54, 1.807) is 6.20 Å². The molecule has 1 atom stereocenters.